The Morgan fingerprint density at radius 1 is 1.43 bits per heavy atom. The van der Waals surface area contributed by atoms with Gasteiger partial charge in [-0.3, -0.25) is 4.90 Å². The molecule has 1 saturated heterocycles. The van der Waals surface area contributed by atoms with Crippen molar-refractivity contribution in [3.63, 3.8) is 0 Å². The molecule has 1 aliphatic rings. The van der Waals surface area contributed by atoms with E-state index in [4.69, 9.17) is 9.47 Å². The summed E-state index contributed by atoms with van der Waals surface area (Å²) in [6, 6.07) is 8.10. The lowest BCUT2D eigenvalue weighted by Crippen LogP contribution is -2.32. The van der Waals surface area contributed by atoms with Crippen molar-refractivity contribution < 1.29 is 9.47 Å². The van der Waals surface area contributed by atoms with Crippen LogP contribution in [0.5, 0.6) is 5.75 Å². The molecule has 0 radical (unpaired) electrons. The molecule has 0 unspecified atom stereocenters. The zero-order valence-electron chi connectivity index (χ0n) is 13.9. The Bertz CT molecular complexity index is 607. The van der Waals surface area contributed by atoms with Gasteiger partial charge in [0.1, 0.15) is 5.75 Å². The Labute approximate surface area is 137 Å². The fraction of sp³-hybridized carbons (Fsp3) is 0.500. The predicted molar refractivity (Wildman–Crippen MR) is 90.0 cm³/mol. The van der Waals surface area contributed by atoms with Crippen molar-refractivity contribution in [3.8, 4) is 11.4 Å². The normalized spacial score (nSPS) is 17.8. The first-order valence-corrected chi connectivity index (χ1v) is 8.31. The van der Waals surface area contributed by atoms with Gasteiger partial charge in [0.2, 0.25) is 0 Å². The zero-order chi connectivity index (χ0) is 16.1. The van der Waals surface area contributed by atoms with E-state index in [1.807, 2.05) is 23.0 Å². The topological polar surface area (TPSA) is 39.5 Å². The highest BCUT2D eigenvalue weighted by molar-refractivity contribution is 5.45. The van der Waals surface area contributed by atoms with Gasteiger partial charge in [-0.2, -0.15) is 5.10 Å². The Morgan fingerprint density at radius 3 is 3.00 bits per heavy atom. The van der Waals surface area contributed by atoms with E-state index in [2.05, 4.69) is 29.1 Å². The number of aromatic nitrogens is 2. The molecule has 0 N–H and O–H groups in total. The van der Waals surface area contributed by atoms with Gasteiger partial charge in [0, 0.05) is 32.1 Å². The number of nitrogens with zero attached hydrogens (tertiary/aromatic N) is 3. The molecule has 2 aromatic rings. The third kappa shape index (κ3) is 3.92. The minimum Gasteiger partial charge on any atom is -0.497 e. The van der Waals surface area contributed by atoms with Crippen LogP contribution in [0.3, 0.4) is 0 Å². The number of rotatable bonds is 7. The maximum Gasteiger partial charge on any atom is 0.119 e. The fourth-order valence-corrected chi connectivity index (χ4v) is 3.07. The number of hydrogen-bond acceptors (Lipinski definition) is 4. The number of likely N-dealkylation sites (N-methyl/N-ethyl adjacent to an activating group) is 1. The maximum atomic E-state index is 5.79. The van der Waals surface area contributed by atoms with Crippen LogP contribution >= 0.6 is 0 Å². The smallest absolute Gasteiger partial charge is 0.119 e. The lowest BCUT2D eigenvalue weighted by atomic mass is 10.1. The average Bonchev–Trinajstić information content (AvgIpc) is 3.27. The molecule has 3 rings (SSSR count). The van der Waals surface area contributed by atoms with Gasteiger partial charge >= 0.3 is 0 Å². The van der Waals surface area contributed by atoms with Crippen LogP contribution in [0.15, 0.2) is 36.7 Å². The van der Waals surface area contributed by atoms with Gasteiger partial charge in [0.05, 0.1) is 18.9 Å². The van der Waals surface area contributed by atoms with E-state index in [1.54, 1.807) is 13.3 Å². The highest BCUT2D eigenvalue weighted by atomic mass is 16.5. The molecular weight excluding hydrogens is 290 g/mol. The summed E-state index contributed by atoms with van der Waals surface area (Å²) in [5.74, 6) is 0.879. The summed E-state index contributed by atoms with van der Waals surface area (Å²) in [4.78, 5) is 2.43. The van der Waals surface area contributed by atoms with Crippen LogP contribution in [0, 0.1) is 0 Å². The van der Waals surface area contributed by atoms with Crippen molar-refractivity contribution in [3.05, 3.63) is 42.2 Å². The van der Waals surface area contributed by atoms with Crippen LogP contribution in [0.1, 0.15) is 25.3 Å². The van der Waals surface area contributed by atoms with Crippen molar-refractivity contribution in [1.82, 2.24) is 14.7 Å². The second-order valence-electron chi connectivity index (χ2n) is 5.91. The molecule has 2 heterocycles. The second kappa shape index (κ2) is 7.62. The van der Waals surface area contributed by atoms with Crippen LogP contribution in [-0.4, -0.2) is 47.6 Å². The largest absolute Gasteiger partial charge is 0.497 e. The van der Waals surface area contributed by atoms with E-state index in [0.29, 0.717) is 6.10 Å². The van der Waals surface area contributed by atoms with E-state index in [0.717, 1.165) is 37.7 Å². The van der Waals surface area contributed by atoms with Crippen LogP contribution in [0.4, 0.5) is 0 Å². The summed E-state index contributed by atoms with van der Waals surface area (Å²) in [7, 11) is 1.71. The Morgan fingerprint density at radius 2 is 2.35 bits per heavy atom. The molecule has 23 heavy (non-hydrogen) atoms. The van der Waals surface area contributed by atoms with E-state index in [-0.39, 0.29) is 0 Å². The summed E-state index contributed by atoms with van der Waals surface area (Å²) in [5, 5.41) is 4.37. The van der Waals surface area contributed by atoms with E-state index in [9.17, 15) is 0 Å². The predicted octanol–water partition coefficient (Wildman–Crippen LogP) is 2.88. The SMILES string of the molecule is CCN(Cc1cc(OC)ccc1-n1cccn1)C[C@@H]1CCCO1. The minimum atomic E-state index is 0.369. The van der Waals surface area contributed by atoms with Gasteiger partial charge < -0.3 is 9.47 Å². The summed E-state index contributed by atoms with van der Waals surface area (Å²) in [5.41, 5.74) is 2.31. The molecular formula is C18H25N3O2. The van der Waals surface area contributed by atoms with E-state index >= 15 is 0 Å². The third-order valence-electron chi connectivity index (χ3n) is 4.36. The molecule has 5 nitrogen and oxygen atoms in total. The van der Waals surface area contributed by atoms with Crippen LogP contribution < -0.4 is 4.74 Å². The van der Waals surface area contributed by atoms with Crippen molar-refractivity contribution in [2.24, 2.45) is 0 Å². The Hall–Kier alpha value is -1.85. The molecule has 0 amide bonds. The molecule has 1 fully saturated rings. The van der Waals surface area contributed by atoms with E-state index in [1.165, 1.54) is 18.4 Å². The van der Waals surface area contributed by atoms with Crippen molar-refractivity contribution in [1.29, 1.82) is 0 Å². The molecule has 1 aromatic heterocycles. The van der Waals surface area contributed by atoms with Crippen LogP contribution in [-0.2, 0) is 11.3 Å². The first-order chi connectivity index (χ1) is 11.3. The number of methoxy groups -OCH3 is 1. The second-order valence-corrected chi connectivity index (χ2v) is 5.91. The third-order valence-corrected chi connectivity index (χ3v) is 4.36. The monoisotopic (exact) mass is 315 g/mol. The molecule has 124 valence electrons. The maximum absolute atomic E-state index is 5.79. The van der Waals surface area contributed by atoms with Gasteiger partial charge in [-0.15, -0.1) is 0 Å². The van der Waals surface area contributed by atoms with Gasteiger partial charge in [-0.1, -0.05) is 6.92 Å². The molecule has 1 atom stereocenters. The molecule has 0 saturated carbocycles. The minimum absolute atomic E-state index is 0.369. The summed E-state index contributed by atoms with van der Waals surface area (Å²) in [6.07, 6.45) is 6.49. The van der Waals surface area contributed by atoms with Gasteiger partial charge in [0.25, 0.3) is 0 Å². The first-order valence-electron chi connectivity index (χ1n) is 8.31. The zero-order valence-corrected chi connectivity index (χ0v) is 13.9. The van der Waals surface area contributed by atoms with Crippen LogP contribution in [0.2, 0.25) is 0 Å². The van der Waals surface area contributed by atoms with E-state index < -0.39 is 0 Å². The van der Waals surface area contributed by atoms with Crippen molar-refractivity contribution in [2.45, 2.75) is 32.4 Å². The molecule has 1 aliphatic heterocycles. The number of hydrogen-bond donors (Lipinski definition) is 0. The molecule has 5 heteroatoms. The quantitative estimate of drug-likeness (QED) is 0.787. The van der Waals surface area contributed by atoms with Crippen LogP contribution in [0.25, 0.3) is 5.69 Å². The summed E-state index contributed by atoms with van der Waals surface area (Å²) >= 11 is 0. The van der Waals surface area contributed by atoms with Crippen molar-refractivity contribution >= 4 is 0 Å². The average molecular weight is 315 g/mol. The molecule has 0 bridgehead atoms. The molecule has 0 spiro atoms. The van der Waals surface area contributed by atoms with Gasteiger partial charge in [-0.05, 0) is 49.2 Å². The van der Waals surface area contributed by atoms with Gasteiger partial charge in [-0.25, -0.2) is 4.68 Å². The molecule has 0 aliphatic carbocycles. The molecule has 1 aromatic carbocycles. The summed E-state index contributed by atoms with van der Waals surface area (Å²) < 4.78 is 13.1. The first kappa shape index (κ1) is 16.0. The lowest BCUT2D eigenvalue weighted by molar-refractivity contribution is 0.0724. The number of ether oxygens (including phenoxy) is 2. The summed E-state index contributed by atoms with van der Waals surface area (Å²) in [6.45, 7) is 5.94. The Balaban J connectivity index is 1.81. The number of benzene rings is 1. The fourth-order valence-electron chi connectivity index (χ4n) is 3.07. The standard InChI is InChI=1S/C18H25N3O2/c1-3-20(14-17-6-4-11-23-17)13-15-12-16(22-2)7-8-18(15)21-10-5-9-19-21/h5,7-10,12,17H,3-4,6,11,13-14H2,1-2H3/t17-/m0/s1. The Kier molecular flexibility index (Phi) is 5.31. The highest BCUT2D eigenvalue weighted by Gasteiger charge is 2.19. The van der Waals surface area contributed by atoms with Gasteiger partial charge in [0.15, 0.2) is 0 Å². The highest BCUT2D eigenvalue weighted by Crippen LogP contribution is 2.23. The lowest BCUT2D eigenvalue weighted by Gasteiger charge is -2.25. The van der Waals surface area contributed by atoms with Crippen molar-refractivity contribution in [2.75, 3.05) is 26.8 Å².